The maximum absolute atomic E-state index is 10.1. The van der Waals surface area contributed by atoms with Crippen molar-refractivity contribution in [3.63, 3.8) is 0 Å². The van der Waals surface area contributed by atoms with Crippen molar-refractivity contribution in [2.24, 2.45) is 0 Å². The molecule has 0 amide bonds. The van der Waals surface area contributed by atoms with E-state index in [-0.39, 0.29) is 0 Å². The van der Waals surface area contributed by atoms with Crippen molar-refractivity contribution < 1.29 is 0 Å². The van der Waals surface area contributed by atoms with Crippen LogP contribution in [0.1, 0.15) is 5.56 Å². The molecule has 2 heterocycles. The molecule has 0 N–H and O–H groups in total. The van der Waals surface area contributed by atoms with Gasteiger partial charge in [-0.3, -0.25) is 0 Å². The molecule has 8 rings (SSSR count). The highest BCUT2D eigenvalue weighted by Crippen LogP contribution is 2.41. The zero-order chi connectivity index (χ0) is 26.6. The van der Waals surface area contributed by atoms with Gasteiger partial charge in [0.15, 0.2) is 0 Å². The molecule has 3 nitrogen and oxygen atoms in total. The Morgan fingerprint density at radius 2 is 1.10 bits per heavy atom. The van der Waals surface area contributed by atoms with Crippen LogP contribution in [0.25, 0.3) is 66.1 Å². The molecule has 8 aromatic rings. The Morgan fingerprint density at radius 1 is 0.475 bits per heavy atom. The second kappa shape index (κ2) is 8.73. The third-order valence-corrected chi connectivity index (χ3v) is 7.95. The second-order valence-electron chi connectivity index (χ2n) is 10.1. The van der Waals surface area contributed by atoms with E-state index in [1.165, 1.54) is 21.8 Å². The molecule has 0 aliphatic rings. The van der Waals surface area contributed by atoms with Crippen molar-refractivity contribution in [1.82, 2.24) is 9.13 Å². The molecular weight excluding hydrogens is 486 g/mol. The molecule has 0 radical (unpaired) electrons. The van der Waals surface area contributed by atoms with Crippen molar-refractivity contribution in [1.29, 1.82) is 5.26 Å². The fourth-order valence-electron chi connectivity index (χ4n) is 6.29. The Hall–Kier alpha value is -5.59. The number of aromatic nitrogens is 2. The topological polar surface area (TPSA) is 33.6 Å². The van der Waals surface area contributed by atoms with Crippen LogP contribution < -0.4 is 0 Å². The maximum atomic E-state index is 10.1. The number of para-hydroxylation sites is 4. The molecule has 0 saturated carbocycles. The first kappa shape index (κ1) is 22.4. The monoisotopic (exact) mass is 509 g/mol. The molecule has 0 atom stereocenters. The molecule has 0 bridgehead atoms. The lowest BCUT2D eigenvalue weighted by molar-refractivity contribution is 1.18. The number of rotatable bonds is 3. The van der Waals surface area contributed by atoms with Crippen LogP contribution in [0, 0.1) is 11.3 Å². The zero-order valence-corrected chi connectivity index (χ0v) is 21.6. The lowest BCUT2D eigenvalue weighted by Gasteiger charge is -2.10. The van der Waals surface area contributed by atoms with Crippen molar-refractivity contribution in [2.75, 3.05) is 0 Å². The number of benzene rings is 6. The van der Waals surface area contributed by atoms with Gasteiger partial charge in [0.05, 0.1) is 27.6 Å². The van der Waals surface area contributed by atoms with Crippen LogP contribution in [0.15, 0.2) is 140 Å². The molecule has 3 heteroatoms. The lowest BCUT2D eigenvalue weighted by atomic mass is 9.97. The Morgan fingerprint density at radius 3 is 1.88 bits per heavy atom. The van der Waals surface area contributed by atoms with Crippen molar-refractivity contribution in [3.05, 3.63) is 145 Å². The summed E-state index contributed by atoms with van der Waals surface area (Å²) in [5.41, 5.74) is 9.59. The van der Waals surface area contributed by atoms with Gasteiger partial charge in [0.1, 0.15) is 6.07 Å². The van der Waals surface area contributed by atoms with Crippen LogP contribution in [-0.4, -0.2) is 9.13 Å². The number of hydrogen-bond donors (Lipinski definition) is 0. The third-order valence-electron chi connectivity index (χ3n) is 7.95. The summed E-state index contributed by atoms with van der Waals surface area (Å²) in [5.74, 6) is 0. The predicted molar refractivity (Wildman–Crippen MR) is 165 cm³/mol. The normalized spacial score (nSPS) is 11.5. The van der Waals surface area contributed by atoms with E-state index >= 15 is 0 Å². The van der Waals surface area contributed by atoms with E-state index in [1.807, 2.05) is 30.3 Å². The van der Waals surface area contributed by atoms with Crippen LogP contribution in [0.5, 0.6) is 0 Å². The fraction of sp³-hybridized carbons (Fsp3) is 0. The van der Waals surface area contributed by atoms with Gasteiger partial charge in [-0.1, -0.05) is 84.9 Å². The standard InChI is InChI=1S/C37H23N3/c38-24-26-11-9-18-31-36-29(17-10-20-35(36)40(37(26)31)28-14-5-2-6-15-28)25-21-22-34-32(23-25)30-16-7-8-19-33(30)39(34)27-12-3-1-4-13-27/h1-23H. The number of hydrogen-bond acceptors (Lipinski definition) is 1. The zero-order valence-electron chi connectivity index (χ0n) is 21.6. The first-order chi connectivity index (χ1) is 19.8. The van der Waals surface area contributed by atoms with Crippen molar-refractivity contribution in [3.8, 4) is 28.6 Å². The molecule has 6 aromatic carbocycles. The fourth-order valence-corrected chi connectivity index (χ4v) is 6.29. The van der Waals surface area contributed by atoms with E-state index in [0.717, 1.165) is 44.3 Å². The molecule has 2 aromatic heterocycles. The maximum Gasteiger partial charge on any atom is 0.101 e. The quantitative estimate of drug-likeness (QED) is 0.233. The van der Waals surface area contributed by atoms with Crippen molar-refractivity contribution in [2.45, 2.75) is 0 Å². The third kappa shape index (κ3) is 3.17. The summed E-state index contributed by atoms with van der Waals surface area (Å²) in [5, 5.41) is 14.8. The summed E-state index contributed by atoms with van der Waals surface area (Å²) < 4.78 is 4.57. The van der Waals surface area contributed by atoms with E-state index in [4.69, 9.17) is 0 Å². The Balaban J connectivity index is 1.46. The van der Waals surface area contributed by atoms with Gasteiger partial charge < -0.3 is 9.13 Å². The first-order valence-electron chi connectivity index (χ1n) is 13.4. The Kier molecular flexibility index (Phi) is 4.89. The Bertz CT molecular complexity index is 2260. The van der Waals surface area contributed by atoms with Gasteiger partial charge in [0.2, 0.25) is 0 Å². The molecule has 186 valence electrons. The minimum atomic E-state index is 0.671. The van der Waals surface area contributed by atoms with Crippen molar-refractivity contribution >= 4 is 43.6 Å². The lowest BCUT2D eigenvalue weighted by Crippen LogP contribution is -1.95. The number of nitrogens with zero attached hydrogens (tertiary/aromatic N) is 3. The highest BCUT2D eigenvalue weighted by Gasteiger charge is 2.19. The molecule has 0 fully saturated rings. The van der Waals surface area contributed by atoms with E-state index in [9.17, 15) is 5.26 Å². The van der Waals surface area contributed by atoms with E-state index in [1.54, 1.807) is 0 Å². The number of nitriles is 1. The molecule has 0 aliphatic carbocycles. The van der Waals surface area contributed by atoms with E-state index in [2.05, 4.69) is 124 Å². The van der Waals surface area contributed by atoms with E-state index < -0.39 is 0 Å². The average Bonchev–Trinajstić information content (AvgIpc) is 3.55. The largest absolute Gasteiger partial charge is 0.309 e. The molecule has 40 heavy (non-hydrogen) atoms. The van der Waals surface area contributed by atoms with Gasteiger partial charge >= 0.3 is 0 Å². The minimum absolute atomic E-state index is 0.671. The summed E-state index contributed by atoms with van der Waals surface area (Å²) >= 11 is 0. The van der Waals surface area contributed by atoms with Gasteiger partial charge in [0.25, 0.3) is 0 Å². The summed E-state index contributed by atoms with van der Waals surface area (Å²) in [6.07, 6.45) is 0. The van der Waals surface area contributed by atoms with Gasteiger partial charge in [-0.2, -0.15) is 5.26 Å². The summed E-state index contributed by atoms with van der Waals surface area (Å²) in [6.45, 7) is 0. The first-order valence-corrected chi connectivity index (χ1v) is 13.4. The summed E-state index contributed by atoms with van der Waals surface area (Å²) in [7, 11) is 0. The molecule has 0 unspecified atom stereocenters. The van der Waals surface area contributed by atoms with Gasteiger partial charge in [-0.15, -0.1) is 0 Å². The highest BCUT2D eigenvalue weighted by atomic mass is 15.0. The van der Waals surface area contributed by atoms with Gasteiger partial charge in [0, 0.05) is 32.9 Å². The predicted octanol–water partition coefficient (Wildman–Crippen LogP) is 9.42. The van der Waals surface area contributed by atoms with Crippen LogP contribution in [0.3, 0.4) is 0 Å². The SMILES string of the molecule is N#Cc1cccc2c3c(-c4ccc5c(c4)c4ccccc4n5-c4ccccc4)cccc3n(-c3ccccc3)c12. The molecule has 0 spiro atoms. The van der Waals surface area contributed by atoms with E-state index in [0.29, 0.717) is 5.56 Å². The highest BCUT2D eigenvalue weighted by molar-refractivity contribution is 6.18. The Labute approximate surface area is 231 Å². The van der Waals surface area contributed by atoms with Crippen LogP contribution in [-0.2, 0) is 0 Å². The van der Waals surface area contributed by atoms with Gasteiger partial charge in [-0.05, 0) is 65.7 Å². The minimum Gasteiger partial charge on any atom is -0.309 e. The van der Waals surface area contributed by atoms with Crippen LogP contribution in [0.4, 0.5) is 0 Å². The van der Waals surface area contributed by atoms with Gasteiger partial charge in [-0.25, -0.2) is 0 Å². The summed E-state index contributed by atoms with van der Waals surface area (Å²) in [6, 6.07) is 51.2. The molecule has 0 aliphatic heterocycles. The van der Waals surface area contributed by atoms with Crippen LogP contribution >= 0.6 is 0 Å². The molecular formula is C37H23N3. The average molecular weight is 510 g/mol. The molecule has 0 saturated heterocycles. The second-order valence-corrected chi connectivity index (χ2v) is 10.1. The summed E-state index contributed by atoms with van der Waals surface area (Å²) in [4.78, 5) is 0. The van der Waals surface area contributed by atoms with Crippen LogP contribution in [0.2, 0.25) is 0 Å². The smallest absolute Gasteiger partial charge is 0.101 e. The number of fused-ring (bicyclic) bond motifs is 6.